The van der Waals surface area contributed by atoms with Gasteiger partial charge in [-0.15, -0.1) is 0 Å². The Hall–Kier alpha value is -3.26. The van der Waals surface area contributed by atoms with E-state index in [0.29, 0.717) is 25.8 Å². The van der Waals surface area contributed by atoms with Gasteiger partial charge in [-0.05, 0) is 38.1 Å². The Morgan fingerprint density at radius 3 is 1.89 bits per heavy atom. The highest BCUT2D eigenvalue weighted by Crippen LogP contribution is 2.11. The number of nitrogens with two attached hydrogens (primary N) is 2. The van der Waals surface area contributed by atoms with Gasteiger partial charge in [0.15, 0.2) is 0 Å². The van der Waals surface area contributed by atoms with E-state index in [1.165, 1.54) is 0 Å². The van der Waals surface area contributed by atoms with E-state index in [4.69, 9.17) is 21.7 Å². The molecule has 35 heavy (non-hydrogen) atoms. The molecule has 0 saturated carbocycles. The number of carboxylic acids is 3. The highest BCUT2D eigenvalue weighted by molar-refractivity contribution is 5.95. The fourth-order valence-corrected chi connectivity index (χ4v) is 3.06. The van der Waals surface area contributed by atoms with Crippen LogP contribution in [-0.2, 0) is 28.8 Å². The molecule has 0 radical (unpaired) electrons. The van der Waals surface area contributed by atoms with Crippen molar-refractivity contribution in [2.75, 3.05) is 6.54 Å². The monoisotopic (exact) mass is 503 g/mol. The quantitative estimate of drug-likeness (QED) is 0.0985. The minimum absolute atomic E-state index is 0.137. The van der Waals surface area contributed by atoms with Crippen LogP contribution in [-0.4, -0.2) is 81.7 Å². The standard InChI is InChI=1S/C21H37N5O9/c1-3-11(2)17(20(33)25-14(21(34)35)6-4-5-9-22)26-19(32)13(7-8-15(27)28)24-18(31)12(23)10-16(29)30/h11-14,17H,3-10,22-23H2,1-2H3,(H,24,31)(H,25,33)(H,26,32)(H,27,28)(H,29,30)(H,34,35). The molecule has 0 aromatic rings. The summed E-state index contributed by atoms with van der Waals surface area (Å²) < 4.78 is 0. The van der Waals surface area contributed by atoms with Crippen LogP contribution in [0.2, 0.25) is 0 Å². The zero-order valence-electron chi connectivity index (χ0n) is 20.0. The van der Waals surface area contributed by atoms with E-state index in [0.717, 1.165) is 0 Å². The molecular weight excluding hydrogens is 466 g/mol. The minimum Gasteiger partial charge on any atom is -0.481 e. The van der Waals surface area contributed by atoms with E-state index in [1.807, 2.05) is 0 Å². The van der Waals surface area contributed by atoms with Gasteiger partial charge in [0, 0.05) is 6.42 Å². The normalized spacial score (nSPS) is 15.1. The fraction of sp³-hybridized carbons (Fsp3) is 0.714. The van der Waals surface area contributed by atoms with Crippen LogP contribution >= 0.6 is 0 Å². The summed E-state index contributed by atoms with van der Waals surface area (Å²) in [4.78, 5) is 71.3. The van der Waals surface area contributed by atoms with Crippen LogP contribution in [0, 0.1) is 5.92 Å². The first-order valence-electron chi connectivity index (χ1n) is 11.4. The molecule has 5 atom stereocenters. The molecule has 14 nitrogen and oxygen atoms in total. The van der Waals surface area contributed by atoms with Gasteiger partial charge in [-0.1, -0.05) is 20.3 Å². The molecule has 0 saturated heterocycles. The topological polar surface area (TPSA) is 251 Å². The fourth-order valence-electron chi connectivity index (χ4n) is 3.06. The van der Waals surface area contributed by atoms with Crippen molar-refractivity contribution in [2.45, 2.75) is 83.0 Å². The summed E-state index contributed by atoms with van der Waals surface area (Å²) in [6, 6.07) is -5.28. The molecular formula is C21H37N5O9. The molecule has 0 fully saturated rings. The van der Waals surface area contributed by atoms with Crippen LogP contribution in [0.15, 0.2) is 0 Å². The van der Waals surface area contributed by atoms with Crippen molar-refractivity contribution in [3.63, 3.8) is 0 Å². The highest BCUT2D eigenvalue weighted by Gasteiger charge is 2.33. The van der Waals surface area contributed by atoms with Crippen LogP contribution in [0.1, 0.15) is 58.8 Å². The van der Waals surface area contributed by atoms with E-state index in [-0.39, 0.29) is 12.8 Å². The van der Waals surface area contributed by atoms with Crippen LogP contribution in [0.5, 0.6) is 0 Å². The number of hydrogen-bond donors (Lipinski definition) is 8. The molecule has 200 valence electrons. The van der Waals surface area contributed by atoms with E-state index >= 15 is 0 Å². The second-order valence-corrected chi connectivity index (χ2v) is 8.25. The SMILES string of the molecule is CCC(C)C(NC(=O)C(CCC(=O)O)NC(=O)C(N)CC(=O)O)C(=O)NC(CCCCN)C(=O)O. The molecule has 0 aromatic carbocycles. The summed E-state index contributed by atoms with van der Waals surface area (Å²) in [5.74, 6) is -6.90. The summed E-state index contributed by atoms with van der Waals surface area (Å²) in [6.07, 6.45) is 0.0380. The van der Waals surface area contributed by atoms with Gasteiger partial charge in [-0.25, -0.2) is 4.79 Å². The first-order valence-corrected chi connectivity index (χ1v) is 11.4. The maximum Gasteiger partial charge on any atom is 0.326 e. The second-order valence-electron chi connectivity index (χ2n) is 8.25. The van der Waals surface area contributed by atoms with Crippen LogP contribution in [0.25, 0.3) is 0 Å². The lowest BCUT2D eigenvalue weighted by molar-refractivity contribution is -0.143. The molecule has 0 aliphatic rings. The van der Waals surface area contributed by atoms with Gasteiger partial charge in [0.05, 0.1) is 12.5 Å². The Kier molecular flexibility index (Phi) is 14.9. The number of nitrogens with one attached hydrogen (secondary N) is 3. The van der Waals surface area contributed by atoms with E-state index < -0.39 is 78.6 Å². The lowest BCUT2D eigenvalue weighted by Crippen LogP contribution is -2.58. The van der Waals surface area contributed by atoms with Crippen molar-refractivity contribution in [3.05, 3.63) is 0 Å². The molecule has 0 bridgehead atoms. The van der Waals surface area contributed by atoms with Crippen LogP contribution in [0.4, 0.5) is 0 Å². The highest BCUT2D eigenvalue weighted by atomic mass is 16.4. The number of unbranched alkanes of at least 4 members (excludes halogenated alkanes) is 1. The third-order valence-electron chi connectivity index (χ3n) is 5.37. The molecule has 0 rings (SSSR count). The molecule has 0 aliphatic carbocycles. The Morgan fingerprint density at radius 1 is 0.800 bits per heavy atom. The zero-order chi connectivity index (χ0) is 27.1. The third kappa shape index (κ3) is 12.7. The smallest absolute Gasteiger partial charge is 0.326 e. The summed E-state index contributed by atoms with van der Waals surface area (Å²) in [5.41, 5.74) is 10.9. The van der Waals surface area contributed by atoms with Crippen molar-refractivity contribution in [1.29, 1.82) is 0 Å². The number of rotatable bonds is 18. The number of amides is 3. The lowest BCUT2D eigenvalue weighted by atomic mass is 9.96. The Morgan fingerprint density at radius 2 is 1.40 bits per heavy atom. The van der Waals surface area contributed by atoms with E-state index in [2.05, 4.69) is 16.0 Å². The van der Waals surface area contributed by atoms with Gasteiger partial charge in [-0.2, -0.15) is 0 Å². The average molecular weight is 504 g/mol. The van der Waals surface area contributed by atoms with E-state index in [9.17, 15) is 33.9 Å². The number of carbonyl (C=O) groups excluding carboxylic acids is 3. The van der Waals surface area contributed by atoms with Crippen molar-refractivity contribution >= 4 is 35.6 Å². The van der Waals surface area contributed by atoms with Gasteiger partial charge in [-0.3, -0.25) is 24.0 Å². The first-order chi connectivity index (χ1) is 16.3. The lowest BCUT2D eigenvalue weighted by Gasteiger charge is -2.28. The summed E-state index contributed by atoms with van der Waals surface area (Å²) >= 11 is 0. The van der Waals surface area contributed by atoms with E-state index in [1.54, 1.807) is 13.8 Å². The van der Waals surface area contributed by atoms with Gasteiger partial charge in [0.2, 0.25) is 17.7 Å². The molecule has 5 unspecified atom stereocenters. The van der Waals surface area contributed by atoms with Gasteiger partial charge < -0.3 is 42.7 Å². The molecule has 0 aromatic heterocycles. The van der Waals surface area contributed by atoms with Crippen LogP contribution < -0.4 is 27.4 Å². The number of hydrogen-bond acceptors (Lipinski definition) is 8. The number of carboxylic acid groups (broad SMARTS) is 3. The third-order valence-corrected chi connectivity index (χ3v) is 5.37. The van der Waals surface area contributed by atoms with Crippen molar-refractivity contribution in [2.24, 2.45) is 17.4 Å². The van der Waals surface area contributed by atoms with Crippen molar-refractivity contribution < 1.29 is 44.1 Å². The molecule has 14 heteroatoms. The molecule has 0 heterocycles. The molecule has 3 amide bonds. The minimum atomic E-state index is -1.48. The largest absolute Gasteiger partial charge is 0.481 e. The molecule has 0 spiro atoms. The predicted octanol–water partition coefficient (Wildman–Crippen LogP) is -1.63. The van der Waals surface area contributed by atoms with Gasteiger partial charge in [0.25, 0.3) is 0 Å². The predicted molar refractivity (Wildman–Crippen MR) is 123 cm³/mol. The summed E-state index contributed by atoms with van der Waals surface area (Å²) in [7, 11) is 0. The van der Waals surface area contributed by atoms with Gasteiger partial charge in [0.1, 0.15) is 18.1 Å². The first kappa shape index (κ1) is 31.7. The van der Waals surface area contributed by atoms with Crippen molar-refractivity contribution in [3.8, 4) is 0 Å². The van der Waals surface area contributed by atoms with Crippen LogP contribution in [0.3, 0.4) is 0 Å². The maximum atomic E-state index is 12.9. The summed E-state index contributed by atoms with van der Waals surface area (Å²) in [5, 5.41) is 34.3. The molecule has 0 aliphatic heterocycles. The Bertz CT molecular complexity index is 761. The van der Waals surface area contributed by atoms with Gasteiger partial charge >= 0.3 is 17.9 Å². The average Bonchev–Trinajstić information content (AvgIpc) is 2.77. The Balaban J connectivity index is 5.58. The maximum absolute atomic E-state index is 12.9. The second kappa shape index (κ2) is 16.4. The summed E-state index contributed by atoms with van der Waals surface area (Å²) in [6.45, 7) is 3.77. The Labute approximate surface area is 203 Å². The number of carbonyl (C=O) groups is 6. The van der Waals surface area contributed by atoms with Crippen molar-refractivity contribution in [1.82, 2.24) is 16.0 Å². The zero-order valence-corrected chi connectivity index (χ0v) is 20.0. The molecule has 10 N–H and O–H groups in total. The number of aliphatic carboxylic acids is 3.